The second-order valence-corrected chi connectivity index (χ2v) is 16.8. The third-order valence-corrected chi connectivity index (χ3v) is 9.68. The van der Waals surface area contributed by atoms with Crippen LogP contribution in [0.2, 0.25) is 0 Å². The summed E-state index contributed by atoms with van der Waals surface area (Å²) in [6.45, 7) is 4.06. The van der Waals surface area contributed by atoms with Gasteiger partial charge in [-0.05, 0) is 77.0 Å². The number of carbonyl (C=O) groups is 2. The lowest BCUT2D eigenvalue weighted by molar-refractivity contribution is -0.870. The van der Waals surface area contributed by atoms with Crippen molar-refractivity contribution >= 4 is 19.8 Å². The minimum absolute atomic E-state index is 0.0487. The van der Waals surface area contributed by atoms with Crippen molar-refractivity contribution in [2.75, 3.05) is 47.5 Å². The summed E-state index contributed by atoms with van der Waals surface area (Å²) < 4.78 is 33.7. The van der Waals surface area contributed by atoms with Gasteiger partial charge < -0.3 is 27.9 Å². The zero-order valence-corrected chi connectivity index (χ0v) is 36.9. The molecule has 0 rings (SSSR count). The van der Waals surface area contributed by atoms with Crippen LogP contribution in [0.15, 0.2) is 72.9 Å². The van der Waals surface area contributed by atoms with Crippen LogP contribution in [0.5, 0.6) is 0 Å². The molecule has 322 valence electrons. The smallest absolute Gasteiger partial charge is 0.306 e. The fraction of sp³-hybridized carbons (Fsp3) is 0.696. The molecule has 0 fully saturated rings. The average molecular weight is 806 g/mol. The standard InChI is InChI=1S/C46H80NO8P/c1-6-8-10-12-14-16-18-20-21-22-23-24-25-27-29-31-33-35-37-39-46(49)55-44(43-54-56(50,51)53-41-40-47(3,4)5)42-52-45(48)38-36-34-32-30-28-26-19-17-15-13-11-9-7-2/h14,16-17,19-21,23-24,27,29,33,35,44H,6-13,15,18,22,25-26,28,30-32,34,36-43H2,1-5H3/b16-14+,19-17+,21-20+,24-23+,29-27+,35-33+/t44-/m1/s1. The maximum Gasteiger partial charge on any atom is 0.306 e. The van der Waals surface area contributed by atoms with Gasteiger partial charge >= 0.3 is 11.9 Å². The molecule has 10 heteroatoms. The number of quaternary nitrogens is 1. The Bertz CT molecular complexity index is 1180. The van der Waals surface area contributed by atoms with Gasteiger partial charge in [-0.25, -0.2) is 0 Å². The molecule has 2 atom stereocenters. The minimum atomic E-state index is -4.65. The van der Waals surface area contributed by atoms with Crippen molar-refractivity contribution in [3.8, 4) is 0 Å². The molecule has 0 radical (unpaired) electrons. The summed E-state index contributed by atoms with van der Waals surface area (Å²) in [7, 11) is 1.10. The lowest BCUT2D eigenvalue weighted by Gasteiger charge is -2.28. The first-order valence-electron chi connectivity index (χ1n) is 21.6. The van der Waals surface area contributed by atoms with Crippen molar-refractivity contribution in [3.63, 3.8) is 0 Å². The highest BCUT2D eigenvalue weighted by Gasteiger charge is 2.21. The van der Waals surface area contributed by atoms with E-state index in [9.17, 15) is 19.0 Å². The maximum absolute atomic E-state index is 12.6. The molecular weight excluding hydrogens is 725 g/mol. The Morgan fingerprint density at radius 1 is 0.554 bits per heavy atom. The molecule has 0 aliphatic heterocycles. The van der Waals surface area contributed by atoms with Gasteiger partial charge in [-0.2, -0.15) is 0 Å². The fourth-order valence-electron chi connectivity index (χ4n) is 5.28. The van der Waals surface area contributed by atoms with Crippen LogP contribution >= 0.6 is 7.82 Å². The second-order valence-electron chi connectivity index (χ2n) is 15.3. The van der Waals surface area contributed by atoms with E-state index >= 15 is 0 Å². The van der Waals surface area contributed by atoms with Gasteiger partial charge in [0.15, 0.2) is 6.10 Å². The largest absolute Gasteiger partial charge is 0.756 e. The molecular formula is C46H80NO8P. The molecule has 1 unspecified atom stereocenters. The third-order valence-electron chi connectivity index (χ3n) is 8.71. The van der Waals surface area contributed by atoms with Gasteiger partial charge in [0.25, 0.3) is 7.82 Å². The number of phosphoric acid groups is 1. The Labute approximate surface area is 342 Å². The number of hydrogen-bond acceptors (Lipinski definition) is 8. The van der Waals surface area contributed by atoms with Gasteiger partial charge in [-0.1, -0.05) is 138 Å². The molecule has 0 heterocycles. The number of ether oxygens (including phenoxy) is 2. The molecule has 0 aromatic heterocycles. The number of rotatable bonds is 38. The Kier molecular flexibility index (Phi) is 36.3. The van der Waals surface area contributed by atoms with Crippen LogP contribution in [0, 0.1) is 0 Å². The number of unbranched alkanes of at least 4 members (excludes halogenated alkanes) is 12. The molecule has 0 aromatic carbocycles. The average Bonchev–Trinajstić information content (AvgIpc) is 3.15. The lowest BCUT2D eigenvalue weighted by atomic mass is 10.1. The molecule has 0 bridgehead atoms. The van der Waals surface area contributed by atoms with Crippen molar-refractivity contribution in [2.24, 2.45) is 0 Å². The van der Waals surface area contributed by atoms with Crippen molar-refractivity contribution in [3.05, 3.63) is 72.9 Å². The number of allylic oxidation sites excluding steroid dienone is 12. The zero-order chi connectivity index (χ0) is 41.4. The fourth-order valence-corrected chi connectivity index (χ4v) is 6.01. The summed E-state index contributed by atoms with van der Waals surface area (Å²) in [5.41, 5.74) is 0. The molecule has 9 nitrogen and oxygen atoms in total. The van der Waals surface area contributed by atoms with Gasteiger partial charge in [-0.15, -0.1) is 0 Å². The number of likely N-dealkylation sites (N-methyl/N-ethyl adjacent to an activating group) is 1. The second kappa shape index (κ2) is 38.0. The predicted molar refractivity (Wildman–Crippen MR) is 231 cm³/mol. The highest BCUT2D eigenvalue weighted by molar-refractivity contribution is 7.45. The van der Waals surface area contributed by atoms with E-state index in [0.717, 1.165) is 57.8 Å². The highest BCUT2D eigenvalue weighted by Crippen LogP contribution is 2.38. The van der Waals surface area contributed by atoms with Gasteiger partial charge in [0.05, 0.1) is 27.7 Å². The Balaban J connectivity index is 4.53. The van der Waals surface area contributed by atoms with E-state index < -0.39 is 32.5 Å². The van der Waals surface area contributed by atoms with E-state index in [1.807, 2.05) is 33.3 Å². The summed E-state index contributed by atoms with van der Waals surface area (Å²) in [5.74, 6) is -0.948. The van der Waals surface area contributed by atoms with E-state index in [1.165, 1.54) is 57.8 Å². The minimum Gasteiger partial charge on any atom is -0.756 e. The topological polar surface area (TPSA) is 111 Å². The molecule has 0 aromatic rings. The molecule has 0 amide bonds. The Morgan fingerprint density at radius 2 is 1.00 bits per heavy atom. The van der Waals surface area contributed by atoms with Crippen LogP contribution in [-0.4, -0.2) is 70.0 Å². The molecule has 0 saturated carbocycles. The molecule has 0 N–H and O–H groups in total. The monoisotopic (exact) mass is 806 g/mol. The predicted octanol–water partition coefficient (Wildman–Crippen LogP) is 11.6. The number of phosphoric ester groups is 1. The summed E-state index contributed by atoms with van der Waals surface area (Å²) in [6.07, 6.45) is 46.6. The number of nitrogens with zero attached hydrogens (tertiary/aromatic N) is 1. The van der Waals surface area contributed by atoms with Crippen molar-refractivity contribution in [1.82, 2.24) is 0 Å². The van der Waals surface area contributed by atoms with Crippen LogP contribution in [0.4, 0.5) is 0 Å². The molecule has 0 saturated heterocycles. The summed E-state index contributed by atoms with van der Waals surface area (Å²) >= 11 is 0. The number of hydrogen-bond donors (Lipinski definition) is 0. The lowest BCUT2D eigenvalue weighted by Crippen LogP contribution is -2.37. The first-order valence-corrected chi connectivity index (χ1v) is 23.1. The summed E-state index contributed by atoms with van der Waals surface area (Å²) in [6, 6.07) is 0. The van der Waals surface area contributed by atoms with Crippen molar-refractivity contribution in [2.45, 2.75) is 161 Å². The zero-order valence-electron chi connectivity index (χ0n) is 36.1. The van der Waals surface area contributed by atoms with E-state index in [0.29, 0.717) is 23.9 Å². The highest BCUT2D eigenvalue weighted by atomic mass is 31.2. The van der Waals surface area contributed by atoms with E-state index in [2.05, 4.69) is 74.6 Å². The summed E-state index contributed by atoms with van der Waals surface area (Å²) in [5, 5.41) is 0. The maximum atomic E-state index is 12.6. The van der Waals surface area contributed by atoms with Crippen LogP contribution in [0.25, 0.3) is 0 Å². The van der Waals surface area contributed by atoms with Crippen LogP contribution in [0.3, 0.4) is 0 Å². The first kappa shape index (κ1) is 53.5. The third kappa shape index (κ3) is 41.1. The normalized spacial score (nSPS) is 14.3. The van der Waals surface area contributed by atoms with Crippen molar-refractivity contribution in [1.29, 1.82) is 0 Å². The SMILES string of the molecule is CCCCC/C=C/C/C=C/C/C=C/C/C=C/C/C=C/CCC(=O)O[C@H](COC(=O)CCCCCCC/C=C/CCCCCC)COP(=O)([O-])OCC[N+](C)(C)C. The number of esters is 2. The van der Waals surface area contributed by atoms with Crippen LogP contribution in [-0.2, 0) is 32.7 Å². The van der Waals surface area contributed by atoms with Crippen LogP contribution < -0.4 is 4.89 Å². The summed E-state index contributed by atoms with van der Waals surface area (Å²) in [4.78, 5) is 37.4. The number of carbonyl (C=O) groups excluding carboxylic acids is 2. The van der Waals surface area contributed by atoms with E-state index in [-0.39, 0.29) is 26.1 Å². The van der Waals surface area contributed by atoms with Gasteiger partial charge in [0.1, 0.15) is 19.8 Å². The van der Waals surface area contributed by atoms with E-state index in [4.69, 9.17) is 18.5 Å². The van der Waals surface area contributed by atoms with E-state index in [1.54, 1.807) is 0 Å². The van der Waals surface area contributed by atoms with Crippen molar-refractivity contribution < 1.29 is 42.1 Å². The Morgan fingerprint density at radius 3 is 1.55 bits per heavy atom. The Hall–Kier alpha value is -2.55. The van der Waals surface area contributed by atoms with Crippen LogP contribution in [0.1, 0.15) is 155 Å². The van der Waals surface area contributed by atoms with Gasteiger partial charge in [0.2, 0.25) is 0 Å². The van der Waals surface area contributed by atoms with Gasteiger partial charge in [-0.3, -0.25) is 14.2 Å². The van der Waals surface area contributed by atoms with Gasteiger partial charge in [0, 0.05) is 12.8 Å². The molecule has 0 aliphatic carbocycles. The molecule has 56 heavy (non-hydrogen) atoms. The molecule has 0 spiro atoms. The quantitative estimate of drug-likeness (QED) is 0.0199. The first-order chi connectivity index (χ1) is 27.0. The molecule has 0 aliphatic rings.